The van der Waals surface area contributed by atoms with E-state index in [0.29, 0.717) is 9.70 Å². The van der Waals surface area contributed by atoms with E-state index in [0.717, 1.165) is 11.5 Å². The fraction of sp³-hybridized carbons (Fsp3) is 0.286. The molecule has 21 heavy (non-hydrogen) atoms. The SMILES string of the molecule is Cc1nc(SC(C)C(=O)Nc2ccc(Br)cc2F)oc1C. The number of nitrogens with zero attached hydrogens (tertiary/aromatic N) is 1. The zero-order valence-corrected chi connectivity index (χ0v) is 14.1. The molecule has 1 amide bonds. The number of amides is 1. The van der Waals surface area contributed by atoms with E-state index in [2.05, 4.69) is 26.2 Å². The van der Waals surface area contributed by atoms with Crippen LogP contribution in [-0.4, -0.2) is 16.1 Å². The van der Waals surface area contributed by atoms with Gasteiger partial charge in [0.05, 0.1) is 16.6 Å². The number of rotatable bonds is 4. The van der Waals surface area contributed by atoms with Crippen molar-refractivity contribution in [2.75, 3.05) is 5.32 Å². The summed E-state index contributed by atoms with van der Waals surface area (Å²) in [6, 6.07) is 4.47. The van der Waals surface area contributed by atoms with Gasteiger partial charge >= 0.3 is 0 Å². The second-order valence-electron chi connectivity index (χ2n) is 4.49. The first-order chi connectivity index (χ1) is 9.86. The molecule has 1 heterocycles. The highest BCUT2D eigenvalue weighted by molar-refractivity contribution is 9.10. The highest BCUT2D eigenvalue weighted by Gasteiger charge is 2.19. The molecule has 112 valence electrons. The summed E-state index contributed by atoms with van der Waals surface area (Å²) in [5, 5.41) is 2.53. The molecule has 7 heteroatoms. The van der Waals surface area contributed by atoms with E-state index in [1.54, 1.807) is 13.0 Å². The van der Waals surface area contributed by atoms with Gasteiger partial charge in [-0.25, -0.2) is 9.37 Å². The summed E-state index contributed by atoms with van der Waals surface area (Å²) in [5.41, 5.74) is 0.944. The minimum atomic E-state index is -0.488. The Labute approximate surface area is 134 Å². The first-order valence-electron chi connectivity index (χ1n) is 6.23. The van der Waals surface area contributed by atoms with Gasteiger partial charge in [0.1, 0.15) is 11.6 Å². The summed E-state index contributed by atoms with van der Waals surface area (Å²) in [6.45, 7) is 5.37. The number of carbonyl (C=O) groups is 1. The molecule has 1 unspecified atom stereocenters. The lowest BCUT2D eigenvalue weighted by Crippen LogP contribution is -2.23. The maximum Gasteiger partial charge on any atom is 0.256 e. The van der Waals surface area contributed by atoms with Crippen LogP contribution < -0.4 is 5.32 Å². The van der Waals surface area contributed by atoms with Crippen molar-refractivity contribution in [2.24, 2.45) is 0 Å². The van der Waals surface area contributed by atoms with Gasteiger partial charge in [0, 0.05) is 4.47 Å². The van der Waals surface area contributed by atoms with Gasteiger partial charge in [-0.2, -0.15) is 0 Å². The van der Waals surface area contributed by atoms with Crippen molar-refractivity contribution in [1.82, 2.24) is 4.98 Å². The van der Waals surface area contributed by atoms with Crippen molar-refractivity contribution >= 4 is 39.3 Å². The molecule has 2 rings (SSSR count). The van der Waals surface area contributed by atoms with Gasteiger partial charge in [-0.3, -0.25) is 4.79 Å². The van der Waals surface area contributed by atoms with Gasteiger partial charge in [-0.05, 0) is 39.0 Å². The summed E-state index contributed by atoms with van der Waals surface area (Å²) in [7, 11) is 0. The lowest BCUT2D eigenvalue weighted by Gasteiger charge is -2.10. The quantitative estimate of drug-likeness (QED) is 0.812. The molecule has 0 aliphatic carbocycles. The Bertz CT molecular complexity index is 655. The molecule has 2 aromatic rings. The maximum atomic E-state index is 13.7. The van der Waals surface area contributed by atoms with Gasteiger partial charge in [-0.15, -0.1) is 0 Å². The van der Waals surface area contributed by atoms with Crippen LogP contribution in [0.3, 0.4) is 0 Å². The van der Waals surface area contributed by atoms with Gasteiger partial charge < -0.3 is 9.73 Å². The lowest BCUT2D eigenvalue weighted by atomic mass is 10.3. The Kier molecular flexibility index (Phi) is 5.05. The van der Waals surface area contributed by atoms with E-state index >= 15 is 0 Å². The van der Waals surface area contributed by atoms with Crippen LogP contribution >= 0.6 is 27.7 Å². The summed E-state index contributed by atoms with van der Waals surface area (Å²) in [4.78, 5) is 16.3. The van der Waals surface area contributed by atoms with Crippen molar-refractivity contribution < 1.29 is 13.6 Å². The fourth-order valence-corrected chi connectivity index (χ4v) is 2.69. The number of aromatic nitrogens is 1. The van der Waals surface area contributed by atoms with Gasteiger partial charge in [0.2, 0.25) is 5.91 Å². The predicted octanol–water partition coefficient (Wildman–Crippen LogP) is 4.31. The highest BCUT2D eigenvalue weighted by atomic mass is 79.9. The summed E-state index contributed by atoms with van der Waals surface area (Å²) < 4.78 is 19.7. The van der Waals surface area contributed by atoms with Crippen LogP contribution in [0.4, 0.5) is 10.1 Å². The van der Waals surface area contributed by atoms with Gasteiger partial charge in [0.25, 0.3) is 5.22 Å². The minimum Gasteiger partial charge on any atom is -0.437 e. The van der Waals surface area contributed by atoms with Crippen LogP contribution in [-0.2, 0) is 4.79 Å². The standard InChI is InChI=1S/C14H14BrFN2O2S/c1-7-8(2)20-14(17-7)21-9(3)13(19)18-12-5-4-10(15)6-11(12)16/h4-6,9H,1-3H3,(H,18,19). The first kappa shape index (κ1) is 16.0. The Balaban J connectivity index is 2.02. The van der Waals surface area contributed by atoms with Crippen molar-refractivity contribution in [3.63, 3.8) is 0 Å². The molecule has 0 fully saturated rings. The largest absolute Gasteiger partial charge is 0.437 e. The third kappa shape index (κ3) is 4.07. The van der Waals surface area contributed by atoms with Crippen molar-refractivity contribution in [1.29, 1.82) is 0 Å². The van der Waals surface area contributed by atoms with Crippen LogP contribution in [0.15, 0.2) is 32.3 Å². The molecule has 0 saturated heterocycles. The number of nitrogens with one attached hydrogen (secondary N) is 1. The van der Waals surface area contributed by atoms with Crippen molar-refractivity contribution in [3.8, 4) is 0 Å². The second-order valence-corrected chi connectivity index (χ2v) is 6.70. The van der Waals surface area contributed by atoms with E-state index in [4.69, 9.17) is 4.42 Å². The van der Waals surface area contributed by atoms with E-state index in [1.165, 1.54) is 23.9 Å². The fourth-order valence-electron chi connectivity index (χ4n) is 1.52. The number of aryl methyl sites for hydroxylation is 2. The number of thioether (sulfide) groups is 1. The lowest BCUT2D eigenvalue weighted by molar-refractivity contribution is -0.115. The molecule has 1 aromatic heterocycles. The number of oxazole rings is 1. The summed E-state index contributed by atoms with van der Waals surface area (Å²) >= 11 is 4.36. The minimum absolute atomic E-state index is 0.149. The predicted molar refractivity (Wildman–Crippen MR) is 84.0 cm³/mol. The topological polar surface area (TPSA) is 55.1 Å². The normalized spacial score (nSPS) is 12.2. The molecular weight excluding hydrogens is 359 g/mol. The highest BCUT2D eigenvalue weighted by Crippen LogP contribution is 2.26. The smallest absolute Gasteiger partial charge is 0.256 e. The van der Waals surface area contributed by atoms with E-state index in [1.807, 2.05) is 13.8 Å². The van der Waals surface area contributed by atoms with Crippen LogP contribution in [0.25, 0.3) is 0 Å². The van der Waals surface area contributed by atoms with Gasteiger partial charge in [0.15, 0.2) is 0 Å². The van der Waals surface area contributed by atoms with Crippen molar-refractivity contribution in [2.45, 2.75) is 31.2 Å². The molecule has 4 nitrogen and oxygen atoms in total. The number of anilines is 1. The van der Waals surface area contributed by atoms with E-state index in [-0.39, 0.29) is 11.6 Å². The number of benzene rings is 1. The van der Waals surface area contributed by atoms with E-state index < -0.39 is 11.1 Å². The summed E-state index contributed by atoms with van der Waals surface area (Å²) in [6.07, 6.45) is 0. The monoisotopic (exact) mass is 372 g/mol. The average Bonchev–Trinajstić information content (AvgIpc) is 2.71. The molecule has 0 radical (unpaired) electrons. The number of halogens is 2. The number of carbonyl (C=O) groups excluding carboxylic acids is 1. The van der Waals surface area contributed by atoms with Crippen molar-refractivity contribution in [3.05, 3.63) is 39.9 Å². The Morgan fingerprint density at radius 3 is 2.76 bits per heavy atom. The third-order valence-corrected chi connectivity index (χ3v) is 4.28. The second kappa shape index (κ2) is 6.62. The zero-order valence-electron chi connectivity index (χ0n) is 11.7. The Morgan fingerprint density at radius 1 is 1.48 bits per heavy atom. The zero-order chi connectivity index (χ0) is 15.6. The molecule has 0 spiro atoms. The molecule has 0 bridgehead atoms. The van der Waals surface area contributed by atoms with Gasteiger partial charge in [-0.1, -0.05) is 27.7 Å². The van der Waals surface area contributed by atoms with E-state index in [9.17, 15) is 9.18 Å². The molecule has 0 aliphatic heterocycles. The molecular formula is C14H14BrFN2O2S. The van der Waals surface area contributed by atoms with Crippen LogP contribution in [0.1, 0.15) is 18.4 Å². The first-order valence-corrected chi connectivity index (χ1v) is 7.90. The Morgan fingerprint density at radius 2 is 2.19 bits per heavy atom. The molecule has 1 atom stereocenters. The molecule has 0 saturated carbocycles. The average molecular weight is 373 g/mol. The number of hydrogen-bond donors (Lipinski definition) is 1. The Hall–Kier alpha value is -1.34. The third-order valence-electron chi connectivity index (χ3n) is 2.84. The molecule has 0 aliphatic rings. The van der Waals surface area contributed by atoms with Crippen LogP contribution in [0, 0.1) is 19.7 Å². The molecule has 1 N–H and O–H groups in total. The summed E-state index contributed by atoms with van der Waals surface area (Å²) in [5.74, 6) is -0.0727. The maximum absolute atomic E-state index is 13.7. The van der Waals surface area contributed by atoms with Crippen LogP contribution in [0.5, 0.6) is 0 Å². The van der Waals surface area contributed by atoms with Crippen LogP contribution in [0.2, 0.25) is 0 Å². The molecule has 1 aromatic carbocycles. The number of hydrogen-bond acceptors (Lipinski definition) is 4.